The van der Waals surface area contributed by atoms with Crippen molar-refractivity contribution in [2.75, 3.05) is 0 Å². The lowest BCUT2D eigenvalue weighted by Gasteiger charge is -2.27. The molecule has 13 aromatic carbocycles. The molecule has 0 atom stereocenters. The third-order valence-electron chi connectivity index (χ3n) is 19.3. The first-order valence-electron chi connectivity index (χ1n) is 33.5. The highest BCUT2D eigenvalue weighted by Gasteiger charge is 2.33. The van der Waals surface area contributed by atoms with E-state index in [-0.39, 0.29) is 0 Å². The zero-order valence-electron chi connectivity index (χ0n) is 53.6. The number of hydrogen-bond acceptors (Lipinski definition) is 5. The average Bonchev–Trinajstić information content (AvgIpc) is 1.60. The molecule has 462 valence electrons. The molecule has 19 aromatic rings. The molecule has 0 aliphatic rings. The van der Waals surface area contributed by atoms with E-state index in [2.05, 4.69) is 347 Å². The molecule has 0 unspecified atom stereocenters. The quantitative estimate of drug-likeness (QED) is 0.122. The maximum Gasteiger partial charge on any atom is 0.160 e. The molecule has 6 heterocycles. The standard InChI is InChI=1S/C91H58N8/c1-7-28-59(29-8-1)65-51-53-83-72(54-65)71-52-50-66(74-45-27-44-73(92-74)60-30-9-2-10-31-60)55-84(71)99(83)89-87(77-56-75(61-32-11-3-12-33-61)93-90(95-77)63-36-15-5-16-37-63)85(97-79-46-23-19-40-67(79)68-41-20-24-47-80(68)97)58-86(98-81-48-25-21-42-69(81)70-43-22-26-49-82(70)98)88(89)78-57-76(62-34-13-4-14-35-62)94-91(96-78)64-38-17-6-18-39-64/h1-58H. The van der Waals surface area contributed by atoms with Crippen molar-refractivity contribution in [1.82, 2.24) is 38.6 Å². The van der Waals surface area contributed by atoms with E-state index in [1.54, 1.807) is 0 Å². The van der Waals surface area contributed by atoms with Gasteiger partial charge in [-0.2, -0.15) is 0 Å². The van der Waals surface area contributed by atoms with Gasteiger partial charge in [-0.25, -0.2) is 24.9 Å². The van der Waals surface area contributed by atoms with Gasteiger partial charge in [-0.05, 0) is 83.9 Å². The molecule has 6 aromatic heterocycles. The predicted octanol–water partition coefficient (Wildman–Crippen LogP) is 23.0. The van der Waals surface area contributed by atoms with Gasteiger partial charge in [0.2, 0.25) is 0 Å². The topological polar surface area (TPSA) is 79.2 Å². The molecule has 8 nitrogen and oxygen atoms in total. The van der Waals surface area contributed by atoms with Gasteiger partial charge in [-0.15, -0.1) is 0 Å². The molecular formula is C91H58N8. The van der Waals surface area contributed by atoms with Gasteiger partial charge in [0.1, 0.15) is 0 Å². The van der Waals surface area contributed by atoms with Crippen LogP contribution in [0.25, 0.3) is 184 Å². The summed E-state index contributed by atoms with van der Waals surface area (Å²) in [6.07, 6.45) is 0. The Hall–Kier alpha value is -13.4. The molecule has 0 N–H and O–H groups in total. The fourth-order valence-electron chi connectivity index (χ4n) is 14.8. The summed E-state index contributed by atoms with van der Waals surface area (Å²) in [4.78, 5) is 28.5. The third kappa shape index (κ3) is 9.80. The van der Waals surface area contributed by atoms with Crippen molar-refractivity contribution < 1.29 is 0 Å². The summed E-state index contributed by atoms with van der Waals surface area (Å²) < 4.78 is 7.49. The molecule has 0 fully saturated rings. The van der Waals surface area contributed by atoms with Crippen molar-refractivity contribution in [3.8, 4) is 119 Å². The number of pyridine rings is 1. The fourth-order valence-corrected chi connectivity index (χ4v) is 14.8. The normalized spacial score (nSPS) is 11.6. The predicted molar refractivity (Wildman–Crippen MR) is 407 cm³/mol. The van der Waals surface area contributed by atoms with E-state index < -0.39 is 0 Å². The number of nitrogens with zero attached hydrogens (tertiary/aromatic N) is 8. The smallest absolute Gasteiger partial charge is 0.160 e. The van der Waals surface area contributed by atoms with Crippen LogP contribution in [0.3, 0.4) is 0 Å². The minimum atomic E-state index is 0.584. The van der Waals surface area contributed by atoms with Gasteiger partial charge in [0.25, 0.3) is 0 Å². The van der Waals surface area contributed by atoms with E-state index in [9.17, 15) is 0 Å². The first kappa shape index (κ1) is 57.1. The van der Waals surface area contributed by atoms with Crippen LogP contribution in [0.2, 0.25) is 0 Å². The molecule has 0 radical (unpaired) electrons. The number of hydrogen-bond donors (Lipinski definition) is 0. The first-order valence-corrected chi connectivity index (χ1v) is 33.5. The molecule has 0 bridgehead atoms. The van der Waals surface area contributed by atoms with Gasteiger partial charge in [0.15, 0.2) is 11.6 Å². The van der Waals surface area contributed by atoms with Crippen LogP contribution in [0.1, 0.15) is 0 Å². The van der Waals surface area contributed by atoms with Crippen LogP contribution in [-0.2, 0) is 0 Å². The van der Waals surface area contributed by atoms with E-state index in [4.69, 9.17) is 24.9 Å². The SMILES string of the molecule is c1ccc(-c2ccc3c(c2)c2ccc(-c4cccc(-c5ccccc5)n4)cc2n3-c2c(-c3cc(-c4ccccc4)nc(-c4ccccc4)n3)c(-n3c4ccccc4c4ccccc43)cc(-n3c4ccccc4c4ccccc43)c2-c2cc(-c3ccccc3)nc(-c3ccccc3)n2)cc1. The van der Waals surface area contributed by atoms with E-state index in [0.29, 0.717) is 23.0 Å². The summed E-state index contributed by atoms with van der Waals surface area (Å²) in [6.45, 7) is 0. The van der Waals surface area contributed by atoms with Gasteiger partial charge in [0, 0.05) is 76.8 Å². The van der Waals surface area contributed by atoms with Crippen LogP contribution in [-0.4, -0.2) is 38.6 Å². The van der Waals surface area contributed by atoms with Crippen molar-refractivity contribution in [1.29, 1.82) is 0 Å². The molecule has 0 saturated heterocycles. The van der Waals surface area contributed by atoms with Gasteiger partial charge < -0.3 is 13.7 Å². The van der Waals surface area contributed by atoms with Crippen LogP contribution in [0.5, 0.6) is 0 Å². The van der Waals surface area contributed by atoms with Crippen LogP contribution in [0, 0.1) is 0 Å². The highest BCUT2D eigenvalue weighted by Crippen LogP contribution is 2.51. The second kappa shape index (κ2) is 23.8. The molecule has 0 aliphatic heterocycles. The van der Waals surface area contributed by atoms with E-state index in [1.165, 1.54) is 0 Å². The molecule has 8 heteroatoms. The van der Waals surface area contributed by atoms with Gasteiger partial charge in [-0.3, -0.25) is 0 Å². The molecule has 0 aliphatic carbocycles. The Labute approximate surface area is 571 Å². The zero-order chi connectivity index (χ0) is 65.3. The summed E-state index contributed by atoms with van der Waals surface area (Å²) in [5.74, 6) is 1.17. The number of benzene rings is 13. The highest BCUT2D eigenvalue weighted by atomic mass is 15.1. The van der Waals surface area contributed by atoms with Gasteiger partial charge >= 0.3 is 0 Å². The summed E-state index contributed by atoms with van der Waals surface area (Å²) in [5, 5.41) is 6.61. The first-order chi connectivity index (χ1) is 49.1. The van der Waals surface area contributed by atoms with Crippen molar-refractivity contribution >= 4 is 65.4 Å². The summed E-state index contributed by atoms with van der Waals surface area (Å²) in [5.41, 5.74) is 23.0. The lowest BCUT2D eigenvalue weighted by molar-refractivity contribution is 1.08. The maximum absolute atomic E-state index is 5.99. The Kier molecular flexibility index (Phi) is 13.7. The average molecular weight is 1260 g/mol. The summed E-state index contributed by atoms with van der Waals surface area (Å²) >= 11 is 0. The zero-order valence-corrected chi connectivity index (χ0v) is 53.6. The van der Waals surface area contributed by atoms with Crippen molar-refractivity contribution in [3.05, 3.63) is 352 Å². The minimum absolute atomic E-state index is 0.584. The van der Waals surface area contributed by atoms with Crippen LogP contribution >= 0.6 is 0 Å². The monoisotopic (exact) mass is 1260 g/mol. The Morgan fingerprint density at radius 3 is 0.960 bits per heavy atom. The number of rotatable bonds is 12. The Morgan fingerprint density at radius 2 is 0.515 bits per heavy atom. The fraction of sp³-hybridized carbons (Fsp3) is 0. The van der Waals surface area contributed by atoms with Crippen LogP contribution < -0.4 is 0 Å². The largest absolute Gasteiger partial charge is 0.308 e. The molecule has 0 spiro atoms. The van der Waals surface area contributed by atoms with Gasteiger partial charge in [-0.1, -0.05) is 279 Å². The van der Waals surface area contributed by atoms with Crippen LogP contribution in [0.15, 0.2) is 352 Å². The maximum atomic E-state index is 5.99. The van der Waals surface area contributed by atoms with Gasteiger partial charge in [0.05, 0.1) is 84.3 Å². The number of para-hydroxylation sites is 4. The van der Waals surface area contributed by atoms with E-state index in [0.717, 1.165) is 161 Å². The number of aromatic nitrogens is 8. The third-order valence-corrected chi connectivity index (χ3v) is 19.3. The van der Waals surface area contributed by atoms with Crippen molar-refractivity contribution in [2.24, 2.45) is 0 Å². The minimum Gasteiger partial charge on any atom is -0.308 e. The second-order valence-corrected chi connectivity index (χ2v) is 25.1. The molecule has 99 heavy (non-hydrogen) atoms. The summed E-state index contributed by atoms with van der Waals surface area (Å²) in [6, 6.07) is 125. The summed E-state index contributed by atoms with van der Waals surface area (Å²) in [7, 11) is 0. The molecule has 19 rings (SSSR count). The molecular weight excluding hydrogens is 1210 g/mol. The van der Waals surface area contributed by atoms with Crippen LogP contribution in [0.4, 0.5) is 0 Å². The Morgan fingerprint density at radius 1 is 0.172 bits per heavy atom. The van der Waals surface area contributed by atoms with E-state index in [1.807, 2.05) is 18.2 Å². The Balaban J connectivity index is 1.09. The number of fused-ring (bicyclic) bond motifs is 9. The van der Waals surface area contributed by atoms with Crippen molar-refractivity contribution in [2.45, 2.75) is 0 Å². The highest BCUT2D eigenvalue weighted by molar-refractivity contribution is 6.16. The van der Waals surface area contributed by atoms with Crippen molar-refractivity contribution in [3.63, 3.8) is 0 Å². The molecule has 0 amide bonds. The van der Waals surface area contributed by atoms with E-state index >= 15 is 0 Å². The molecule has 0 saturated carbocycles. The lowest BCUT2D eigenvalue weighted by atomic mass is 9.94. The Bertz CT molecular complexity index is 5840. The second-order valence-electron chi connectivity index (χ2n) is 25.1. The lowest BCUT2D eigenvalue weighted by Crippen LogP contribution is -2.12.